The van der Waals surface area contributed by atoms with Crippen LogP contribution in [0.15, 0.2) is 16.5 Å². The van der Waals surface area contributed by atoms with E-state index in [1.807, 2.05) is 0 Å². The van der Waals surface area contributed by atoms with Gasteiger partial charge < -0.3 is 10.2 Å². The van der Waals surface area contributed by atoms with Crippen molar-refractivity contribution in [1.29, 1.82) is 0 Å². The number of hydrogen-bond acceptors (Lipinski definition) is 3. The highest BCUT2D eigenvalue weighted by Gasteiger charge is 2.24. The van der Waals surface area contributed by atoms with Gasteiger partial charge in [-0.1, -0.05) is 26.8 Å². The Morgan fingerprint density at radius 1 is 1.19 bits per heavy atom. The number of aromatic nitrogens is 1. The van der Waals surface area contributed by atoms with Gasteiger partial charge in [-0.15, -0.1) is 0 Å². The zero-order valence-corrected chi connectivity index (χ0v) is 14.0. The lowest BCUT2D eigenvalue weighted by Crippen LogP contribution is -2.24. The smallest absolute Gasteiger partial charge is 0.195 e. The molecule has 1 heterocycles. The standard InChI is InChI=1S/C18H28N2O/c1-12-10-13(2)17-15(11-12)20-16(21-17)7-6-14(8-9-19)18(3,4)5/h10-11,14H,6-9,19H2,1-5H3. The van der Waals surface area contributed by atoms with E-state index in [0.29, 0.717) is 5.92 Å². The molecule has 0 amide bonds. The third kappa shape index (κ3) is 3.85. The molecule has 0 bridgehead atoms. The van der Waals surface area contributed by atoms with Gasteiger partial charge in [-0.05, 0) is 61.8 Å². The van der Waals surface area contributed by atoms with Gasteiger partial charge in [-0.2, -0.15) is 0 Å². The molecular weight excluding hydrogens is 260 g/mol. The number of aryl methyl sites for hydroxylation is 3. The Morgan fingerprint density at radius 2 is 1.90 bits per heavy atom. The minimum Gasteiger partial charge on any atom is -0.440 e. The van der Waals surface area contributed by atoms with Crippen LogP contribution in [0, 0.1) is 25.2 Å². The summed E-state index contributed by atoms with van der Waals surface area (Å²) in [6.07, 6.45) is 3.02. The molecule has 1 unspecified atom stereocenters. The number of oxazole rings is 1. The molecule has 0 aliphatic heterocycles. The first kappa shape index (κ1) is 16.0. The average Bonchev–Trinajstić information content (AvgIpc) is 2.76. The zero-order valence-electron chi connectivity index (χ0n) is 14.0. The van der Waals surface area contributed by atoms with Crippen molar-refractivity contribution in [2.24, 2.45) is 17.1 Å². The molecule has 21 heavy (non-hydrogen) atoms. The largest absolute Gasteiger partial charge is 0.440 e. The topological polar surface area (TPSA) is 52.0 Å². The first-order chi connectivity index (χ1) is 9.81. The summed E-state index contributed by atoms with van der Waals surface area (Å²) < 4.78 is 5.95. The van der Waals surface area contributed by atoms with Gasteiger partial charge in [-0.25, -0.2) is 4.98 Å². The van der Waals surface area contributed by atoms with Crippen molar-refractivity contribution < 1.29 is 4.42 Å². The fraction of sp³-hybridized carbons (Fsp3) is 0.611. The van der Waals surface area contributed by atoms with Gasteiger partial charge in [-0.3, -0.25) is 0 Å². The Labute approximate surface area is 127 Å². The first-order valence-corrected chi connectivity index (χ1v) is 7.88. The van der Waals surface area contributed by atoms with Crippen molar-refractivity contribution in [3.05, 3.63) is 29.2 Å². The van der Waals surface area contributed by atoms with E-state index in [0.717, 1.165) is 48.4 Å². The van der Waals surface area contributed by atoms with Crippen molar-refractivity contribution in [3.63, 3.8) is 0 Å². The third-order valence-electron chi connectivity index (χ3n) is 4.31. The molecule has 0 saturated carbocycles. The Kier molecular flexibility index (Phi) is 4.72. The van der Waals surface area contributed by atoms with Crippen LogP contribution in [0.25, 0.3) is 11.1 Å². The van der Waals surface area contributed by atoms with E-state index in [-0.39, 0.29) is 5.41 Å². The first-order valence-electron chi connectivity index (χ1n) is 7.88. The van der Waals surface area contributed by atoms with Crippen LogP contribution in [0.2, 0.25) is 0 Å². The zero-order chi connectivity index (χ0) is 15.6. The maximum Gasteiger partial charge on any atom is 0.195 e. The Balaban J connectivity index is 2.14. The van der Waals surface area contributed by atoms with Crippen LogP contribution in [0.5, 0.6) is 0 Å². The maximum atomic E-state index is 5.95. The molecule has 0 radical (unpaired) electrons. The van der Waals surface area contributed by atoms with Crippen LogP contribution < -0.4 is 5.73 Å². The quantitative estimate of drug-likeness (QED) is 0.887. The van der Waals surface area contributed by atoms with Crippen LogP contribution in [0.1, 0.15) is 50.6 Å². The average molecular weight is 288 g/mol. The fourth-order valence-corrected chi connectivity index (χ4v) is 3.04. The molecule has 0 aliphatic rings. The third-order valence-corrected chi connectivity index (χ3v) is 4.31. The maximum absolute atomic E-state index is 5.95. The van der Waals surface area contributed by atoms with Crippen molar-refractivity contribution >= 4 is 11.1 Å². The normalized spacial score (nSPS) is 13.8. The molecule has 2 aromatic rings. The van der Waals surface area contributed by atoms with Crippen molar-refractivity contribution in [2.75, 3.05) is 6.54 Å². The van der Waals surface area contributed by atoms with Crippen LogP contribution in [0.3, 0.4) is 0 Å². The number of benzene rings is 1. The van der Waals surface area contributed by atoms with Crippen LogP contribution >= 0.6 is 0 Å². The van der Waals surface area contributed by atoms with E-state index in [1.54, 1.807) is 0 Å². The van der Waals surface area contributed by atoms with E-state index in [2.05, 4.69) is 51.7 Å². The van der Waals surface area contributed by atoms with Gasteiger partial charge in [0.25, 0.3) is 0 Å². The monoisotopic (exact) mass is 288 g/mol. The second-order valence-corrected chi connectivity index (χ2v) is 7.22. The lowest BCUT2D eigenvalue weighted by molar-refractivity contribution is 0.211. The van der Waals surface area contributed by atoms with Gasteiger partial charge in [0, 0.05) is 6.42 Å². The van der Waals surface area contributed by atoms with E-state index in [1.165, 1.54) is 5.56 Å². The highest BCUT2D eigenvalue weighted by molar-refractivity contribution is 5.77. The molecule has 0 aliphatic carbocycles. The number of fused-ring (bicyclic) bond motifs is 1. The minimum atomic E-state index is 0.276. The Bertz CT molecular complexity index is 607. The van der Waals surface area contributed by atoms with Crippen molar-refractivity contribution in [2.45, 2.75) is 53.9 Å². The molecule has 116 valence electrons. The fourth-order valence-electron chi connectivity index (χ4n) is 3.04. The Morgan fingerprint density at radius 3 is 2.52 bits per heavy atom. The molecule has 0 saturated heterocycles. The van der Waals surface area contributed by atoms with E-state index >= 15 is 0 Å². The molecule has 2 N–H and O–H groups in total. The van der Waals surface area contributed by atoms with Gasteiger partial charge in [0.2, 0.25) is 0 Å². The molecule has 1 aromatic heterocycles. The predicted octanol–water partition coefficient (Wildman–Crippen LogP) is 4.39. The molecule has 2 rings (SSSR count). The molecule has 3 heteroatoms. The second-order valence-electron chi connectivity index (χ2n) is 7.22. The van der Waals surface area contributed by atoms with Gasteiger partial charge >= 0.3 is 0 Å². The summed E-state index contributed by atoms with van der Waals surface area (Å²) in [5.74, 6) is 1.45. The molecular formula is C18H28N2O. The van der Waals surface area contributed by atoms with Gasteiger partial charge in [0.05, 0.1) is 0 Å². The molecule has 3 nitrogen and oxygen atoms in total. The Hall–Kier alpha value is -1.35. The van der Waals surface area contributed by atoms with Crippen molar-refractivity contribution in [3.8, 4) is 0 Å². The van der Waals surface area contributed by atoms with Gasteiger partial charge in [0.1, 0.15) is 5.52 Å². The second kappa shape index (κ2) is 6.18. The van der Waals surface area contributed by atoms with E-state index < -0.39 is 0 Å². The summed E-state index contributed by atoms with van der Waals surface area (Å²) in [5.41, 5.74) is 10.3. The SMILES string of the molecule is Cc1cc(C)c2oc(CCC(CCN)C(C)(C)C)nc2c1. The molecule has 0 fully saturated rings. The summed E-state index contributed by atoms with van der Waals surface area (Å²) in [7, 11) is 0. The lowest BCUT2D eigenvalue weighted by atomic mass is 9.76. The lowest BCUT2D eigenvalue weighted by Gasteiger charge is -2.30. The van der Waals surface area contributed by atoms with Crippen molar-refractivity contribution in [1.82, 2.24) is 4.98 Å². The minimum absolute atomic E-state index is 0.276. The highest BCUT2D eigenvalue weighted by Crippen LogP contribution is 2.32. The summed E-state index contributed by atoms with van der Waals surface area (Å²) in [4.78, 5) is 4.65. The number of nitrogens with two attached hydrogens (primary N) is 1. The molecule has 1 atom stereocenters. The summed E-state index contributed by atoms with van der Waals surface area (Å²) in [6, 6.07) is 4.24. The molecule has 0 spiro atoms. The predicted molar refractivity (Wildman–Crippen MR) is 88.4 cm³/mol. The summed E-state index contributed by atoms with van der Waals surface area (Å²) in [6.45, 7) is 11.8. The summed E-state index contributed by atoms with van der Waals surface area (Å²) in [5, 5.41) is 0. The number of hydrogen-bond donors (Lipinski definition) is 1. The van der Waals surface area contributed by atoms with Crippen LogP contribution in [-0.4, -0.2) is 11.5 Å². The summed E-state index contributed by atoms with van der Waals surface area (Å²) >= 11 is 0. The van der Waals surface area contributed by atoms with E-state index in [9.17, 15) is 0 Å². The molecule has 1 aromatic carbocycles. The number of nitrogens with zero attached hydrogens (tertiary/aromatic N) is 1. The number of rotatable bonds is 5. The van der Waals surface area contributed by atoms with Crippen LogP contribution in [-0.2, 0) is 6.42 Å². The highest BCUT2D eigenvalue weighted by atomic mass is 16.3. The van der Waals surface area contributed by atoms with E-state index in [4.69, 9.17) is 10.2 Å². The van der Waals surface area contributed by atoms with Crippen LogP contribution in [0.4, 0.5) is 0 Å². The van der Waals surface area contributed by atoms with Gasteiger partial charge in [0.15, 0.2) is 11.5 Å².